The number of nitrogens with zero attached hydrogens (tertiary/aromatic N) is 3. The molecular formula is C15H15N3O. The minimum atomic E-state index is -0.791. The van der Waals surface area contributed by atoms with Crippen molar-refractivity contribution < 1.29 is 4.79 Å². The summed E-state index contributed by atoms with van der Waals surface area (Å²) < 4.78 is 0. The van der Waals surface area contributed by atoms with E-state index in [1.54, 1.807) is 12.4 Å². The van der Waals surface area contributed by atoms with Crippen LogP contribution in [-0.2, 0) is 10.2 Å². The molecule has 0 saturated heterocycles. The molecule has 1 aliphatic carbocycles. The van der Waals surface area contributed by atoms with Gasteiger partial charge in [-0.2, -0.15) is 0 Å². The van der Waals surface area contributed by atoms with Crippen molar-refractivity contribution in [1.82, 2.24) is 4.98 Å². The number of hydrogen-bond acceptors (Lipinski definition) is 3. The average molecular weight is 253 g/mol. The van der Waals surface area contributed by atoms with Crippen LogP contribution in [0.15, 0.2) is 46.5 Å². The predicted octanol–water partition coefficient (Wildman–Crippen LogP) is 2.32. The largest absolute Gasteiger partial charge is 0.271 e. The fourth-order valence-corrected chi connectivity index (χ4v) is 2.88. The van der Waals surface area contributed by atoms with E-state index in [9.17, 15) is 4.79 Å². The fraction of sp³-hybridized carbons (Fsp3) is 0.333. The SMILES string of the molecule is O=C1N=CN=CC1(c1ccccn1)C1CC=CCC1. The summed E-state index contributed by atoms with van der Waals surface area (Å²) in [5, 5.41) is 0. The predicted molar refractivity (Wildman–Crippen MR) is 74.4 cm³/mol. The molecule has 1 aliphatic heterocycles. The molecule has 4 nitrogen and oxygen atoms in total. The summed E-state index contributed by atoms with van der Waals surface area (Å²) in [5.74, 6) is 0.0302. The van der Waals surface area contributed by atoms with Gasteiger partial charge in [0.15, 0.2) is 0 Å². The van der Waals surface area contributed by atoms with Crippen molar-refractivity contribution in [3.05, 3.63) is 42.2 Å². The summed E-state index contributed by atoms with van der Waals surface area (Å²) in [5.41, 5.74) is -0.0401. The molecule has 2 heterocycles. The van der Waals surface area contributed by atoms with Crippen LogP contribution in [0.4, 0.5) is 0 Å². The lowest BCUT2D eigenvalue weighted by atomic mass is 9.67. The van der Waals surface area contributed by atoms with Gasteiger partial charge in [-0.1, -0.05) is 18.2 Å². The monoisotopic (exact) mass is 253 g/mol. The molecule has 2 atom stereocenters. The van der Waals surface area contributed by atoms with Crippen molar-refractivity contribution in [1.29, 1.82) is 0 Å². The molecular weight excluding hydrogens is 238 g/mol. The van der Waals surface area contributed by atoms with E-state index < -0.39 is 5.41 Å². The molecule has 2 unspecified atom stereocenters. The van der Waals surface area contributed by atoms with E-state index in [0.29, 0.717) is 0 Å². The number of hydrogen-bond donors (Lipinski definition) is 0. The fourth-order valence-electron chi connectivity index (χ4n) is 2.88. The number of pyridine rings is 1. The van der Waals surface area contributed by atoms with Crippen molar-refractivity contribution in [3.8, 4) is 0 Å². The number of rotatable bonds is 2. The highest BCUT2D eigenvalue weighted by atomic mass is 16.1. The zero-order chi connectivity index (χ0) is 13.1. The normalized spacial score (nSPS) is 29.7. The highest BCUT2D eigenvalue weighted by Crippen LogP contribution is 2.39. The van der Waals surface area contributed by atoms with E-state index in [1.807, 2.05) is 18.2 Å². The maximum Gasteiger partial charge on any atom is 0.265 e. The average Bonchev–Trinajstić information content (AvgIpc) is 2.50. The standard InChI is InChI=1S/C15H15N3O/c19-14-15(10-16-11-18-14,12-6-2-1-3-7-12)13-8-4-5-9-17-13/h1-2,4-5,8-12H,3,6-7H2. The van der Waals surface area contributed by atoms with Gasteiger partial charge in [-0.25, -0.2) is 9.98 Å². The van der Waals surface area contributed by atoms with E-state index in [-0.39, 0.29) is 11.8 Å². The molecule has 3 rings (SSSR count). The van der Waals surface area contributed by atoms with Gasteiger partial charge < -0.3 is 0 Å². The van der Waals surface area contributed by atoms with Crippen LogP contribution in [0.3, 0.4) is 0 Å². The van der Waals surface area contributed by atoms with E-state index in [2.05, 4.69) is 27.1 Å². The van der Waals surface area contributed by atoms with Crippen LogP contribution in [0.2, 0.25) is 0 Å². The number of allylic oxidation sites excluding steroid dienone is 2. The van der Waals surface area contributed by atoms with Crippen LogP contribution in [0, 0.1) is 5.92 Å². The van der Waals surface area contributed by atoms with Crippen molar-refractivity contribution in [2.75, 3.05) is 0 Å². The molecule has 0 saturated carbocycles. The summed E-state index contributed by atoms with van der Waals surface area (Å²) in [6, 6.07) is 5.65. The number of amides is 1. The van der Waals surface area contributed by atoms with Crippen LogP contribution in [-0.4, -0.2) is 23.4 Å². The molecule has 0 fully saturated rings. The van der Waals surface area contributed by atoms with E-state index in [0.717, 1.165) is 25.0 Å². The lowest BCUT2D eigenvalue weighted by molar-refractivity contribution is -0.122. The first-order chi connectivity index (χ1) is 9.34. The Balaban J connectivity index is 2.10. The molecule has 4 heteroatoms. The molecule has 0 radical (unpaired) electrons. The second-order valence-corrected chi connectivity index (χ2v) is 4.89. The first kappa shape index (κ1) is 12.0. The van der Waals surface area contributed by atoms with Crippen LogP contribution < -0.4 is 0 Å². The molecule has 0 aromatic carbocycles. The van der Waals surface area contributed by atoms with Gasteiger partial charge >= 0.3 is 0 Å². The van der Waals surface area contributed by atoms with Gasteiger partial charge in [-0.15, -0.1) is 0 Å². The van der Waals surface area contributed by atoms with Crippen molar-refractivity contribution in [2.45, 2.75) is 24.7 Å². The van der Waals surface area contributed by atoms with Crippen LogP contribution in [0.5, 0.6) is 0 Å². The maximum atomic E-state index is 12.5. The number of aromatic nitrogens is 1. The minimum absolute atomic E-state index is 0.151. The van der Waals surface area contributed by atoms with Crippen LogP contribution >= 0.6 is 0 Å². The Kier molecular flexibility index (Phi) is 3.07. The van der Waals surface area contributed by atoms with Crippen LogP contribution in [0.1, 0.15) is 25.0 Å². The molecule has 2 aliphatic rings. The molecule has 1 aromatic heterocycles. The number of carbonyl (C=O) groups excluding carboxylic acids is 1. The Hall–Kier alpha value is -2.10. The highest BCUT2D eigenvalue weighted by Gasteiger charge is 2.47. The summed E-state index contributed by atoms with van der Waals surface area (Å²) in [7, 11) is 0. The van der Waals surface area contributed by atoms with Crippen molar-refractivity contribution in [2.24, 2.45) is 15.9 Å². The Morgan fingerprint density at radius 2 is 2.21 bits per heavy atom. The minimum Gasteiger partial charge on any atom is -0.271 e. The second-order valence-electron chi connectivity index (χ2n) is 4.89. The van der Waals surface area contributed by atoms with Gasteiger partial charge in [0.25, 0.3) is 5.91 Å². The lowest BCUT2D eigenvalue weighted by Gasteiger charge is -2.36. The molecule has 0 bridgehead atoms. The summed E-state index contributed by atoms with van der Waals surface area (Å²) >= 11 is 0. The Bertz CT molecular complexity index is 562. The number of aliphatic imine (C=N–C) groups is 2. The number of carbonyl (C=O) groups is 1. The second kappa shape index (κ2) is 4.88. The highest BCUT2D eigenvalue weighted by molar-refractivity contribution is 6.11. The van der Waals surface area contributed by atoms with Crippen LogP contribution in [0.25, 0.3) is 0 Å². The maximum absolute atomic E-state index is 12.5. The third kappa shape index (κ3) is 1.93. The van der Waals surface area contributed by atoms with Gasteiger partial charge in [-0.3, -0.25) is 9.78 Å². The first-order valence-corrected chi connectivity index (χ1v) is 6.52. The smallest absolute Gasteiger partial charge is 0.265 e. The van der Waals surface area contributed by atoms with E-state index in [4.69, 9.17) is 0 Å². The Morgan fingerprint density at radius 3 is 2.89 bits per heavy atom. The molecule has 19 heavy (non-hydrogen) atoms. The topological polar surface area (TPSA) is 54.7 Å². The van der Waals surface area contributed by atoms with E-state index >= 15 is 0 Å². The summed E-state index contributed by atoms with van der Waals surface area (Å²) in [4.78, 5) is 24.9. The summed E-state index contributed by atoms with van der Waals surface area (Å²) in [6.45, 7) is 0. The van der Waals surface area contributed by atoms with Crippen molar-refractivity contribution in [3.63, 3.8) is 0 Å². The zero-order valence-corrected chi connectivity index (χ0v) is 10.6. The van der Waals surface area contributed by atoms with Gasteiger partial charge in [0.1, 0.15) is 11.8 Å². The van der Waals surface area contributed by atoms with E-state index in [1.165, 1.54) is 6.34 Å². The Morgan fingerprint density at radius 1 is 1.26 bits per heavy atom. The van der Waals surface area contributed by atoms with Gasteiger partial charge in [0, 0.05) is 12.4 Å². The first-order valence-electron chi connectivity index (χ1n) is 6.52. The molecule has 1 amide bonds. The molecule has 1 aromatic rings. The third-order valence-electron chi connectivity index (χ3n) is 3.88. The van der Waals surface area contributed by atoms with Gasteiger partial charge in [0.05, 0.1) is 5.69 Å². The Labute approximate surface area is 112 Å². The lowest BCUT2D eigenvalue weighted by Crippen LogP contribution is -2.46. The quantitative estimate of drug-likeness (QED) is 0.759. The van der Waals surface area contributed by atoms with Gasteiger partial charge in [0.2, 0.25) is 0 Å². The molecule has 0 spiro atoms. The summed E-state index contributed by atoms with van der Waals surface area (Å²) in [6.07, 6.45) is 11.9. The molecule has 0 N–H and O–H groups in total. The molecule has 96 valence electrons. The van der Waals surface area contributed by atoms with Crippen molar-refractivity contribution >= 4 is 18.5 Å². The zero-order valence-electron chi connectivity index (χ0n) is 10.6. The van der Waals surface area contributed by atoms with Gasteiger partial charge in [-0.05, 0) is 37.3 Å². The third-order valence-corrected chi connectivity index (χ3v) is 3.88.